The molecule has 1 N–H and O–H groups in total. The first kappa shape index (κ1) is 23.0. The quantitative estimate of drug-likeness (QED) is 0.648. The highest BCUT2D eigenvalue weighted by Gasteiger charge is 2.27. The monoisotopic (exact) mass is 431 g/mol. The molecule has 0 fully saturated rings. The minimum absolute atomic E-state index is 0.0298. The van der Waals surface area contributed by atoms with Gasteiger partial charge in [-0.15, -0.1) is 10.2 Å². The van der Waals surface area contributed by atoms with Crippen molar-refractivity contribution in [2.75, 3.05) is 41.0 Å². The third-order valence-corrected chi connectivity index (χ3v) is 5.50. The molecule has 31 heavy (non-hydrogen) atoms. The van der Waals surface area contributed by atoms with Crippen molar-refractivity contribution in [3.8, 4) is 11.5 Å². The molecule has 2 heterocycles. The van der Waals surface area contributed by atoms with E-state index in [0.29, 0.717) is 0 Å². The van der Waals surface area contributed by atoms with Crippen molar-refractivity contribution in [3.63, 3.8) is 0 Å². The lowest BCUT2D eigenvalue weighted by atomic mass is 10.0. The lowest BCUT2D eigenvalue weighted by Crippen LogP contribution is -2.36. The average molecular weight is 432 g/mol. The Kier molecular flexibility index (Phi) is 7.86. The molecule has 0 aliphatic carbocycles. The zero-order valence-corrected chi connectivity index (χ0v) is 19.1. The van der Waals surface area contributed by atoms with Gasteiger partial charge in [0.1, 0.15) is 23.9 Å². The highest BCUT2D eigenvalue weighted by Crippen LogP contribution is 2.25. The summed E-state index contributed by atoms with van der Waals surface area (Å²) in [6, 6.07) is 5.75. The van der Waals surface area contributed by atoms with Crippen molar-refractivity contribution in [2.45, 2.75) is 39.4 Å². The summed E-state index contributed by atoms with van der Waals surface area (Å²) in [5.74, 6) is 3.36. The Morgan fingerprint density at radius 1 is 1.06 bits per heavy atom. The van der Waals surface area contributed by atoms with E-state index in [1.165, 1.54) is 7.11 Å². The number of hydrogen-bond acceptors (Lipinski definition) is 7. The predicted molar refractivity (Wildman–Crippen MR) is 116 cm³/mol. The van der Waals surface area contributed by atoms with Crippen LogP contribution in [0.1, 0.15) is 37.1 Å². The topological polar surface area (TPSA) is 90.7 Å². The number of fused-ring (bicyclic) bond motifs is 1. The van der Waals surface area contributed by atoms with E-state index in [9.17, 15) is 4.79 Å². The van der Waals surface area contributed by atoms with Gasteiger partial charge in [-0.2, -0.15) is 0 Å². The van der Waals surface area contributed by atoms with E-state index >= 15 is 0 Å². The van der Waals surface area contributed by atoms with Crippen LogP contribution in [0.3, 0.4) is 0 Å². The van der Waals surface area contributed by atoms with Gasteiger partial charge in [0.15, 0.2) is 5.82 Å². The van der Waals surface area contributed by atoms with Crippen molar-refractivity contribution in [2.24, 2.45) is 5.92 Å². The second-order valence-corrected chi connectivity index (χ2v) is 8.10. The van der Waals surface area contributed by atoms with E-state index in [-0.39, 0.29) is 24.5 Å². The summed E-state index contributed by atoms with van der Waals surface area (Å²) in [7, 11) is 4.84. The largest absolute Gasteiger partial charge is 0.497 e. The first-order valence-corrected chi connectivity index (χ1v) is 10.6. The van der Waals surface area contributed by atoms with Gasteiger partial charge in [-0.1, -0.05) is 13.8 Å². The number of nitrogens with one attached hydrogen (secondary N) is 1. The van der Waals surface area contributed by atoms with Crippen molar-refractivity contribution >= 4 is 5.91 Å². The summed E-state index contributed by atoms with van der Waals surface area (Å²) in [6.45, 7) is 7.45. The number of carbonyl (C=O) groups excluding carboxylic acids is 1. The number of hydrogen-bond donors (Lipinski definition) is 1. The summed E-state index contributed by atoms with van der Waals surface area (Å²) in [6.07, 6.45) is 0.797. The van der Waals surface area contributed by atoms with Gasteiger partial charge in [-0.25, -0.2) is 0 Å². The van der Waals surface area contributed by atoms with E-state index in [2.05, 4.69) is 38.8 Å². The summed E-state index contributed by atoms with van der Waals surface area (Å²) in [5.41, 5.74) is 1.14. The lowest BCUT2D eigenvalue weighted by molar-refractivity contribution is -0.125. The van der Waals surface area contributed by atoms with Crippen LogP contribution in [0.5, 0.6) is 11.5 Å². The molecule has 0 bridgehead atoms. The number of aromatic nitrogens is 3. The maximum atomic E-state index is 12.1. The van der Waals surface area contributed by atoms with Crippen molar-refractivity contribution < 1.29 is 19.0 Å². The van der Waals surface area contributed by atoms with Crippen LogP contribution in [-0.4, -0.2) is 66.6 Å². The van der Waals surface area contributed by atoms with Crippen LogP contribution in [0.4, 0.5) is 0 Å². The van der Waals surface area contributed by atoms with Crippen LogP contribution in [0.15, 0.2) is 18.2 Å². The highest BCUT2D eigenvalue weighted by atomic mass is 16.5. The zero-order valence-electron chi connectivity index (χ0n) is 19.1. The molecule has 3 rings (SSSR count). The fourth-order valence-electron chi connectivity index (χ4n) is 3.87. The van der Waals surface area contributed by atoms with Gasteiger partial charge < -0.3 is 24.1 Å². The molecule has 9 nitrogen and oxygen atoms in total. The van der Waals surface area contributed by atoms with E-state index in [1.807, 2.05) is 18.2 Å². The maximum Gasteiger partial charge on any atom is 0.246 e. The first-order valence-electron chi connectivity index (χ1n) is 10.6. The summed E-state index contributed by atoms with van der Waals surface area (Å²) < 4.78 is 17.9. The standard InChI is InChI=1S/C22H33N5O4/c1-15(2)21(23-20(28)14-29-3)22-25-24-19-6-7-26(8-9-27(19)22)13-16-10-17(30-4)12-18(11-16)31-5/h10-12,15,21H,6-9,13-14H2,1-5H3,(H,23,28). The zero-order chi connectivity index (χ0) is 22.4. The Morgan fingerprint density at radius 3 is 2.39 bits per heavy atom. The van der Waals surface area contributed by atoms with Gasteiger partial charge in [-0.05, 0) is 23.6 Å². The molecular weight excluding hydrogens is 398 g/mol. The predicted octanol–water partition coefficient (Wildman–Crippen LogP) is 1.81. The maximum absolute atomic E-state index is 12.1. The number of rotatable bonds is 9. The Hall–Kier alpha value is -2.65. The van der Waals surface area contributed by atoms with E-state index in [0.717, 1.165) is 61.3 Å². The molecule has 0 saturated heterocycles. The van der Waals surface area contributed by atoms with Crippen molar-refractivity contribution in [1.29, 1.82) is 0 Å². The number of nitrogens with zero attached hydrogens (tertiary/aromatic N) is 4. The van der Waals surface area contributed by atoms with Crippen LogP contribution in [0.2, 0.25) is 0 Å². The third kappa shape index (κ3) is 5.74. The molecule has 0 radical (unpaired) electrons. The number of carbonyl (C=O) groups is 1. The fourth-order valence-corrected chi connectivity index (χ4v) is 3.87. The molecule has 1 aliphatic heterocycles. The Labute approximate surface area is 183 Å². The van der Waals surface area contributed by atoms with Gasteiger partial charge in [-0.3, -0.25) is 9.69 Å². The van der Waals surface area contributed by atoms with Crippen LogP contribution in [-0.2, 0) is 29.0 Å². The smallest absolute Gasteiger partial charge is 0.246 e. The lowest BCUT2D eigenvalue weighted by Gasteiger charge is -2.23. The average Bonchev–Trinajstić information content (AvgIpc) is 3.05. The molecule has 1 aliphatic rings. The Balaban J connectivity index is 1.73. The van der Waals surface area contributed by atoms with E-state index in [4.69, 9.17) is 14.2 Å². The number of ether oxygens (including phenoxy) is 3. The molecule has 170 valence electrons. The minimum atomic E-state index is -0.210. The highest BCUT2D eigenvalue weighted by molar-refractivity contribution is 5.77. The SMILES string of the molecule is COCC(=O)NC(c1nnc2n1CCN(Cc1cc(OC)cc(OC)c1)CC2)C(C)C. The summed E-state index contributed by atoms with van der Waals surface area (Å²) in [4.78, 5) is 14.5. The molecule has 1 amide bonds. The summed E-state index contributed by atoms with van der Waals surface area (Å²) in [5, 5.41) is 11.9. The normalized spacial score (nSPS) is 15.3. The van der Waals surface area contributed by atoms with Crippen molar-refractivity contribution in [1.82, 2.24) is 25.0 Å². The Morgan fingerprint density at radius 2 is 1.77 bits per heavy atom. The molecule has 1 atom stereocenters. The second kappa shape index (κ2) is 10.6. The van der Waals surface area contributed by atoms with Gasteiger partial charge in [0.25, 0.3) is 0 Å². The first-order chi connectivity index (χ1) is 14.9. The van der Waals surface area contributed by atoms with E-state index < -0.39 is 0 Å². The molecule has 9 heteroatoms. The molecule has 0 spiro atoms. The molecule has 1 aromatic heterocycles. The molecule has 0 saturated carbocycles. The van der Waals surface area contributed by atoms with Crippen LogP contribution < -0.4 is 14.8 Å². The Bertz CT molecular complexity index is 861. The van der Waals surface area contributed by atoms with Crippen LogP contribution in [0.25, 0.3) is 0 Å². The third-order valence-electron chi connectivity index (χ3n) is 5.50. The van der Waals surface area contributed by atoms with Crippen molar-refractivity contribution in [3.05, 3.63) is 35.4 Å². The van der Waals surface area contributed by atoms with Gasteiger partial charge in [0, 0.05) is 45.8 Å². The number of methoxy groups -OCH3 is 3. The van der Waals surface area contributed by atoms with E-state index in [1.54, 1.807) is 14.2 Å². The molecule has 1 unspecified atom stereocenters. The van der Waals surface area contributed by atoms with Crippen LogP contribution in [0, 0.1) is 5.92 Å². The molecule has 1 aromatic carbocycles. The number of amides is 1. The minimum Gasteiger partial charge on any atom is -0.497 e. The molecular formula is C22H33N5O4. The van der Waals surface area contributed by atoms with Gasteiger partial charge >= 0.3 is 0 Å². The van der Waals surface area contributed by atoms with Crippen LogP contribution >= 0.6 is 0 Å². The van der Waals surface area contributed by atoms with Gasteiger partial charge in [0.2, 0.25) is 5.91 Å². The van der Waals surface area contributed by atoms with Gasteiger partial charge in [0.05, 0.1) is 20.3 Å². The second-order valence-electron chi connectivity index (χ2n) is 8.10. The molecule has 2 aromatic rings. The fraction of sp³-hybridized carbons (Fsp3) is 0.591. The summed E-state index contributed by atoms with van der Waals surface area (Å²) >= 11 is 0. The number of benzene rings is 1.